The van der Waals surface area contributed by atoms with Gasteiger partial charge in [0.15, 0.2) is 0 Å². The van der Waals surface area contributed by atoms with Gasteiger partial charge >= 0.3 is 0 Å². The smallest absolute Gasteiger partial charge is 0.262 e. The van der Waals surface area contributed by atoms with Gasteiger partial charge in [0, 0.05) is 16.5 Å². The van der Waals surface area contributed by atoms with E-state index in [2.05, 4.69) is 9.97 Å². The number of hydrogen-bond donors (Lipinski definition) is 2. The Hall–Kier alpha value is -1.81. The maximum atomic E-state index is 12.3. The van der Waals surface area contributed by atoms with Crippen LogP contribution in [0.1, 0.15) is 37.4 Å². The second-order valence-electron chi connectivity index (χ2n) is 5.11. The standard InChI is InChI=1S/C15H15ClN2O2/c16-11-8-4-3-7-10(11)12-14(19)17-13(18-15(12)20)9-5-1-2-6-9/h3-4,7-9H,1-2,5-6H2,(H2,17,18,19,20). The molecule has 0 spiro atoms. The molecule has 20 heavy (non-hydrogen) atoms. The fourth-order valence-electron chi connectivity index (χ4n) is 2.78. The van der Waals surface area contributed by atoms with E-state index in [-0.39, 0.29) is 22.9 Å². The number of aromatic amines is 1. The normalized spacial score (nSPS) is 15.7. The van der Waals surface area contributed by atoms with E-state index in [1.165, 1.54) is 0 Å². The third-order valence-electron chi connectivity index (χ3n) is 3.80. The average Bonchev–Trinajstić information content (AvgIpc) is 2.94. The largest absolute Gasteiger partial charge is 0.493 e. The van der Waals surface area contributed by atoms with E-state index in [1.807, 2.05) is 0 Å². The summed E-state index contributed by atoms with van der Waals surface area (Å²) in [6, 6.07) is 6.92. The Morgan fingerprint density at radius 1 is 1.25 bits per heavy atom. The number of nitrogens with zero attached hydrogens (tertiary/aromatic N) is 1. The topological polar surface area (TPSA) is 66.0 Å². The van der Waals surface area contributed by atoms with Crippen LogP contribution in [-0.4, -0.2) is 15.1 Å². The molecule has 1 saturated carbocycles. The molecule has 0 aliphatic heterocycles. The minimum absolute atomic E-state index is 0.136. The van der Waals surface area contributed by atoms with Gasteiger partial charge in [0.2, 0.25) is 5.88 Å². The van der Waals surface area contributed by atoms with Gasteiger partial charge in [0.05, 0.1) is 0 Å². The Balaban J connectivity index is 2.10. The molecule has 2 aromatic rings. The zero-order valence-electron chi connectivity index (χ0n) is 10.9. The number of nitrogens with one attached hydrogen (secondary N) is 1. The van der Waals surface area contributed by atoms with Gasteiger partial charge in [-0.25, -0.2) is 0 Å². The quantitative estimate of drug-likeness (QED) is 0.890. The molecule has 0 saturated heterocycles. The van der Waals surface area contributed by atoms with Gasteiger partial charge < -0.3 is 10.1 Å². The van der Waals surface area contributed by atoms with E-state index >= 15 is 0 Å². The van der Waals surface area contributed by atoms with Gasteiger partial charge in [-0.3, -0.25) is 4.79 Å². The zero-order chi connectivity index (χ0) is 14.1. The SMILES string of the molecule is O=c1[nH]c(C2CCCC2)nc(O)c1-c1ccccc1Cl. The average molecular weight is 291 g/mol. The number of rotatable bonds is 2. The molecule has 4 nitrogen and oxygen atoms in total. The first-order chi connectivity index (χ1) is 9.66. The second-order valence-corrected chi connectivity index (χ2v) is 5.52. The number of halogens is 1. The van der Waals surface area contributed by atoms with Crippen molar-refractivity contribution in [3.05, 3.63) is 45.5 Å². The van der Waals surface area contributed by atoms with Crippen LogP contribution < -0.4 is 5.56 Å². The molecule has 5 heteroatoms. The lowest BCUT2D eigenvalue weighted by molar-refractivity contribution is 0.446. The highest BCUT2D eigenvalue weighted by atomic mass is 35.5. The van der Waals surface area contributed by atoms with Gasteiger partial charge in [-0.15, -0.1) is 0 Å². The van der Waals surface area contributed by atoms with Crippen LogP contribution in [0.15, 0.2) is 29.1 Å². The van der Waals surface area contributed by atoms with Crippen molar-refractivity contribution in [3.8, 4) is 17.0 Å². The van der Waals surface area contributed by atoms with Crippen LogP contribution in [0.2, 0.25) is 5.02 Å². The molecule has 2 N–H and O–H groups in total. The van der Waals surface area contributed by atoms with Gasteiger partial charge in [0.1, 0.15) is 11.4 Å². The zero-order valence-corrected chi connectivity index (χ0v) is 11.7. The second kappa shape index (κ2) is 5.29. The van der Waals surface area contributed by atoms with E-state index in [9.17, 15) is 9.90 Å². The molecule has 1 heterocycles. The molecule has 0 radical (unpaired) electrons. The molecule has 1 fully saturated rings. The van der Waals surface area contributed by atoms with Crippen LogP contribution in [0.25, 0.3) is 11.1 Å². The first kappa shape index (κ1) is 13.2. The summed E-state index contributed by atoms with van der Waals surface area (Å²) in [6.45, 7) is 0. The van der Waals surface area contributed by atoms with Crippen molar-refractivity contribution in [2.45, 2.75) is 31.6 Å². The fourth-order valence-corrected chi connectivity index (χ4v) is 3.01. The molecule has 0 unspecified atom stereocenters. The van der Waals surface area contributed by atoms with Gasteiger partial charge in [-0.1, -0.05) is 42.6 Å². The highest BCUT2D eigenvalue weighted by Crippen LogP contribution is 2.34. The lowest BCUT2D eigenvalue weighted by atomic mass is 10.1. The van der Waals surface area contributed by atoms with Crippen LogP contribution in [0.4, 0.5) is 0 Å². The maximum Gasteiger partial charge on any atom is 0.262 e. The summed E-state index contributed by atoms with van der Waals surface area (Å²) >= 11 is 6.08. The monoisotopic (exact) mass is 290 g/mol. The van der Waals surface area contributed by atoms with Crippen molar-refractivity contribution < 1.29 is 5.11 Å². The van der Waals surface area contributed by atoms with Crippen LogP contribution in [0.3, 0.4) is 0 Å². The molecule has 0 amide bonds. The minimum Gasteiger partial charge on any atom is -0.493 e. The number of hydrogen-bond acceptors (Lipinski definition) is 3. The van der Waals surface area contributed by atoms with E-state index in [4.69, 9.17) is 11.6 Å². The third kappa shape index (κ3) is 2.31. The lowest BCUT2D eigenvalue weighted by Crippen LogP contribution is -2.15. The number of benzene rings is 1. The van der Waals surface area contributed by atoms with Gasteiger partial charge in [-0.05, 0) is 18.9 Å². The van der Waals surface area contributed by atoms with Crippen LogP contribution in [-0.2, 0) is 0 Å². The summed E-state index contributed by atoms with van der Waals surface area (Å²) in [5.41, 5.74) is 0.295. The Morgan fingerprint density at radius 2 is 1.95 bits per heavy atom. The summed E-state index contributed by atoms with van der Waals surface area (Å²) in [5.74, 6) is 0.582. The molecule has 1 aromatic heterocycles. The summed E-state index contributed by atoms with van der Waals surface area (Å²) in [6.07, 6.45) is 4.30. The Morgan fingerprint density at radius 3 is 2.60 bits per heavy atom. The van der Waals surface area contributed by atoms with E-state index < -0.39 is 0 Å². The molecule has 104 valence electrons. The predicted molar refractivity (Wildman–Crippen MR) is 78.2 cm³/mol. The van der Waals surface area contributed by atoms with Gasteiger partial charge in [0.25, 0.3) is 5.56 Å². The van der Waals surface area contributed by atoms with Crippen LogP contribution in [0.5, 0.6) is 5.88 Å². The first-order valence-corrected chi connectivity index (χ1v) is 7.12. The van der Waals surface area contributed by atoms with Crippen molar-refractivity contribution in [2.75, 3.05) is 0 Å². The number of aromatic hydroxyl groups is 1. The van der Waals surface area contributed by atoms with Crippen molar-refractivity contribution in [1.82, 2.24) is 9.97 Å². The fraction of sp³-hybridized carbons (Fsp3) is 0.333. The molecular weight excluding hydrogens is 276 g/mol. The van der Waals surface area contributed by atoms with E-state index in [0.717, 1.165) is 25.7 Å². The molecule has 1 aliphatic rings. The maximum absolute atomic E-state index is 12.3. The molecular formula is C15H15ClN2O2. The summed E-state index contributed by atoms with van der Waals surface area (Å²) in [5, 5.41) is 10.5. The van der Waals surface area contributed by atoms with E-state index in [0.29, 0.717) is 16.4 Å². The summed E-state index contributed by atoms with van der Waals surface area (Å²) in [4.78, 5) is 19.2. The molecule has 1 aliphatic carbocycles. The summed E-state index contributed by atoms with van der Waals surface area (Å²) in [7, 11) is 0. The minimum atomic E-state index is -0.340. The molecule has 0 bridgehead atoms. The Kier molecular flexibility index (Phi) is 3.49. The van der Waals surface area contributed by atoms with E-state index in [1.54, 1.807) is 24.3 Å². The van der Waals surface area contributed by atoms with Crippen molar-refractivity contribution >= 4 is 11.6 Å². The van der Waals surface area contributed by atoms with Crippen LogP contribution in [0, 0.1) is 0 Å². The summed E-state index contributed by atoms with van der Waals surface area (Å²) < 4.78 is 0. The van der Waals surface area contributed by atoms with Gasteiger partial charge in [-0.2, -0.15) is 4.98 Å². The Labute approximate surface area is 121 Å². The highest BCUT2D eigenvalue weighted by molar-refractivity contribution is 6.33. The third-order valence-corrected chi connectivity index (χ3v) is 4.13. The van der Waals surface area contributed by atoms with Crippen LogP contribution >= 0.6 is 11.6 Å². The van der Waals surface area contributed by atoms with Crippen molar-refractivity contribution in [2.24, 2.45) is 0 Å². The van der Waals surface area contributed by atoms with Crippen molar-refractivity contribution in [3.63, 3.8) is 0 Å². The number of H-pyrrole nitrogens is 1. The number of aromatic nitrogens is 2. The molecule has 3 rings (SSSR count). The highest BCUT2D eigenvalue weighted by Gasteiger charge is 2.22. The predicted octanol–water partition coefficient (Wildman–Crippen LogP) is 3.45. The first-order valence-electron chi connectivity index (χ1n) is 6.75. The lowest BCUT2D eigenvalue weighted by Gasteiger charge is -2.11. The molecule has 1 aromatic carbocycles. The van der Waals surface area contributed by atoms with Crippen molar-refractivity contribution in [1.29, 1.82) is 0 Å². The Bertz CT molecular complexity index is 691. The molecule has 0 atom stereocenters.